The molecule has 0 spiro atoms. The Kier molecular flexibility index (Phi) is 3.60. The van der Waals surface area contributed by atoms with Crippen LogP contribution in [0.4, 0.5) is 0 Å². The molecule has 1 heterocycles. The van der Waals surface area contributed by atoms with Gasteiger partial charge in [0.05, 0.1) is 12.2 Å². The molecule has 2 fully saturated rings. The van der Waals surface area contributed by atoms with Crippen molar-refractivity contribution >= 4 is 0 Å². The van der Waals surface area contributed by atoms with Crippen molar-refractivity contribution in [1.29, 1.82) is 0 Å². The van der Waals surface area contributed by atoms with Gasteiger partial charge >= 0.3 is 0 Å². The lowest BCUT2D eigenvalue weighted by atomic mass is 9.96. The molecule has 0 aromatic heterocycles. The molecular formula is C14H27NO. The number of hydrogen-bond donors (Lipinski definition) is 0. The van der Waals surface area contributed by atoms with Crippen LogP contribution in [0.5, 0.6) is 0 Å². The molecule has 2 aliphatic rings. The molecule has 0 aromatic carbocycles. The molecular weight excluding hydrogens is 198 g/mol. The van der Waals surface area contributed by atoms with E-state index in [1.807, 2.05) is 0 Å². The molecule has 1 aliphatic carbocycles. The minimum absolute atomic E-state index is 0.00924. The third-order valence-electron chi connectivity index (χ3n) is 4.09. The zero-order valence-corrected chi connectivity index (χ0v) is 11.2. The Morgan fingerprint density at radius 1 is 1.00 bits per heavy atom. The van der Waals surface area contributed by atoms with Crippen LogP contribution in [0.2, 0.25) is 0 Å². The molecule has 2 nitrogen and oxygen atoms in total. The maximum absolute atomic E-state index is 6.09. The van der Waals surface area contributed by atoms with Gasteiger partial charge in [0.1, 0.15) is 0 Å². The largest absolute Gasteiger partial charge is 0.374 e. The molecule has 0 radical (unpaired) electrons. The lowest BCUT2D eigenvalue weighted by molar-refractivity contribution is -0.0666. The molecule has 0 aromatic rings. The van der Waals surface area contributed by atoms with E-state index < -0.39 is 0 Å². The summed E-state index contributed by atoms with van der Waals surface area (Å²) in [6, 6.07) is 0. The first-order valence-electron chi connectivity index (χ1n) is 6.91. The summed E-state index contributed by atoms with van der Waals surface area (Å²) < 4.78 is 6.09. The highest BCUT2D eigenvalue weighted by Gasteiger charge is 2.41. The van der Waals surface area contributed by atoms with E-state index in [1.165, 1.54) is 51.6 Å². The van der Waals surface area contributed by atoms with Crippen LogP contribution in [0.15, 0.2) is 0 Å². The zero-order chi connectivity index (χ0) is 11.6. The summed E-state index contributed by atoms with van der Waals surface area (Å²) in [5, 5.41) is 0. The highest BCUT2D eigenvalue weighted by atomic mass is 16.5. The van der Waals surface area contributed by atoms with Crippen LogP contribution < -0.4 is 0 Å². The fraction of sp³-hybridized carbons (Fsp3) is 1.00. The number of rotatable bonds is 3. The second kappa shape index (κ2) is 4.66. The Hall–Kier alpha value is -0.0800. The molecule has 0 amide bonds. The van der Waals surface area contributed by atoms with E-state index >= 15 is 0 Å². The van der Waals surface area contributed by atoms with E-state index in [0.717, 1.165) is 6.61 Å². The summed E-state index contributed by atoms with van der Waals surface area (Å²) in [5.74, 6) is 0. The molecule has 16 heavy (non-hydrogen) atoms. The van der Waals surface area contributed by atoms with Gasteiger partial charge in [0, 0.05) is 5.54 Å². The van der Waals surface area contributed by atoms with Gasteiger partial charge in [0.25, 0.3) is 0 Å². The standard InChI is InChI=1S/C14H27NO/c1-13(2,3)16-12-14(8-4-5-9-14)15-10-6-7-11-15/h4-12H2,1-3H3. The summed E-state index contributed by atoms with van der Waals surface area (Å²) in [7, 11) is 0. The van der Waals surface area contributed by atoms with E-state index in [4.69, 9.17) is 4.74 Å². The Bertz CT molecular complexity index is 219. The molecule has 1 saturated carbocycles. The SMILES string of the molecule is CC(C)(C)OCC1(N2CCCC2)CCCC1. The third kappa shape index (κ3) is 2.78. The van der Waals surface area contributed by atoms with Crippen molar-refractivity contribution in [2.45, 2.75) is 70.4 Å². The van der Waals surface area contributed by atoms with Gasteiger partial charge in [-0.05, 0) is 59.5 Å². The van der Waals surface area contributed by atoms with E-state index in [2.05, 4.69) is 25.7 Å². The molecule has 2 rings (SSSR count). The van der Waals surface area contributed by atoms with E-state index in [1.54, 1.807) is 0 Å². The van der Waals surface area contributed by atoms with Crippen molar-refractivity contribution < 1.29 is 4.74 Å². The zero-order valence-electron chi connectivity index (χ0n) is 11.2. The van der Waals surface area contributed by atoms with E-state index in [-0.39, 0.29) is 5.60 Å². The van der Waals surface area contributed by atoms with Crippen molar-refractivity contribution in [1.82, 2.24) is 4.90 Å². The summed E-state index contributed by atoms with van der Waals surface area (Å²) in [6.07, 6.45) is 8.26. The number of hydrogen-bond acceptors (Lipinski definition) is 2. The number of likely N-dealkylation sites (tertiary alicyclic amines) is 1. The van der Waals surface area contributed by atoms with Crippen LogP contribution in [0.3, 0.4) is 0 Å². The molecule has 0 bridgehead atoms. The highest BCUT2D eigenvalue weighted by molar-refractivity contribution is 4.97. The van der Waals surface area contributed by atoms with E-state index in [9.17, 15) is 0 Å². The smallest absolute Gasteiger partial charge is 0.0657 e. The second-order valence-corrected chi connectivity index (χ2v) is 6.53. The van der Waals surface area contributed by atoms with Crippen LogP contribution in [0, 0.1) is 0 Å². The van der Waals surface area contributed by atoms with Crippen LogP contribution in [0.1, 0.15) is 59.3 Å². The van der Waals surface area contributed by atoms with Gasteiger partial charge in [-0.1, -0.05) is 12.8 Å². The van der Waals surface area contributed by atoms with Crippen LogP contribution in [0.25, 0.3) is 0 Å². The van der Waals surface area contributed by atoms with Crippen molar-refractivity contribution in [2.24, 2.45) is 0 Å². The molecule has 94 valence electrons. The van der Waals surface area contributed by atoms with Crippen LogP contribution in [-0.4, -0.2) is 35.7 Å². The molecule has 0 atom stereocenters. The van der Waals surface area contributed by atoms with Crippen LogP contribution in [-0.2, 0) is 4.74 Å². The average molecular weight is 225 g/mol. The lowest BCUT2D eigenvalue weighted by Gasteiger charge is -2.40. The Labute approximate surface area is 100 Å². The fourth-order valence-electron chi connectivity index (χ4n) is 3.13. The van der Waals surface area contributed by atoms with Crippen molar-refractivity contribution in [3.8, 4) is 0 Å². The maximum atomic E-state index is 6.09. The van der Waals surface area contributed by atoms with E-state index in [0.29, 0.717) is 5.54 Å². The second-order valence-electron chi connectivity index (χ2n) is 6.53. The van der Waals surface area contributed by atoms with Gasteiger partial charge < -0.3 is 4.74 Å². The molecule has 2 heteroatoms. The first-order chi connectivity index (χ1) is 7.52. The first-order valence-corrected chi connectivity index (χ1v) is 6.91. The predicted molar refractivity (Wildman–Crippen MR) is 67.7 cm³/mol. The quantitative estimate of drug-likeness (QED) is 0.731. The molecule has 1 saturated heterocycles. The van der Waals surface area contributed by atoms with Crippen molar-refractivity contribution in [3.05, 3.63) is 0 Å². The summed E-state index contributed by atoms with van der Waals surface area (Å²) in [4.78, 5) is 2.71. The van der Waals surface area contributed by atoms with Gasteiger partial charge in [0.15, 0.2) is 0 Å². The number of ether oxygens (including phenoxy) is 1. The van der Waals surface area contributed by atoms with Gasteiger partial charge in [-0.15, -0.1) is 0 Å². The third-order valence-corrected chi connectivity index (χ3v) is 4.09. The average Bonchev–Trinajstić information content (AvgIpc) is 2.86. The van der Waals surface area contributed by atoms with Gasteiger partial charge in [-0.25, -0.2) is 0 Å². The Morgan fingerprint density at radius 3 is 2.06 bits per heavy atom. The minimum Gasteiger partial charge on any atom is -0.374 e. The fourth-order valence-corrected chi connectivity index (χ4v) is 3.13. The monoisotopic (exact) mass is 225 g/mol. The minimum atomic E-state index is 0.00924. The lowest BCUT2D eigenvalue weighted by Crippen LogP contribution is -2.50. The molecule has 1 aliphatic heterocycles. The Balaban J connectivity index is 1.98. The van der Waals surface area contributed by atoms with Crippen molar-refractivity contribution in [3.63, 3.8) is 0 Å². The Morgan fingerprint density at radius 2 is 1.56 bits per heavy atom. The summed E-state index contributed by atoms with van der Waals surface area (Å²) in [6.45, 7) is 10.0. The molecule has 0 unspecified atom stereocenters. The molecule has 0 N–H and O–H groups in total. The highest BCUT2D eigenvalue weighted by Crippen LogP contribution is 2.38. The predicted octanol–water partition coefficient (Wildman–Crippen LogP) is 3.21. The van der Waals surface area contributed by atoms with Gasteiger partial charge in [0.2, 0.25) is 0 Å². The topological polar surface area (TPSA) is 12.5 Å². The van der Waals surface area contributed by atoms with Crippen molar-refractivity contribution in [2.75, 3.05) is 19.7 Å². The summed E-state index contributed by atoms with van der Waals surface area (Å²) in [5.41, 5.74) is 0.402. The first kappa shape index (κ1) is 12.4. The summed E-state index contributed by atoms with van der Waals surface area (Å²) >= 11 is 0. The van der Waals surface area contributed by atoms with Gasteiger partial charge in [-0.2, -0.15) is 0 Å². The maximum Gasteiger partial charge on any atom is 0.0657 e. The number of nitrogens with zero attached hydrogens (tertiary/aromatic N) is 1. The van der Waals surface area contributed by atoms with Gasteiger partial charge in [-0.3, -0.25) is 4.90 Å². The van der Waals surface area contributed by atoms with Crippen LogP contribution >= 0.6 is 0 Å². The normalized spacial score (nSPS) is 26.4.